The fourth-order valence-corrected chi connectivity index (χ4v) is 8.16. The number of oxazole rings is 2. The highest BCUT2D eigenvalue weighted by molar-refractivity contribution is 6.34. The van der Waals surface area contributed by atoms with Gasteiger partial charge in [0.1, 0.15) is 22.5 Å². The number of ether oxygens (including phenoxy) is 1. The maximum Gasteiger partial charge on any atom is 0.411 e. The molecule has 10 rings (SSSR count). The lowest BCUT2D eigenvalue weighted by Gasteiger charge is -2.38. The number of benzene rings is 6. The third-order valence-corrected chi connectivity index (χ3v) is 11.3. The van der Waals surface area contributed by atoms with Crippen molar-refractivity contribution in [2.45, 2.75) is 24.7 Å². The van der Waals surface area contributed by atoms with Gasteiger partial charge in [0, 0.05) is 18.2 Å². The Morgan fingerprint density at radius 3 is 1.56 bits per heavy atom. The molecule has 17 heteroatoms. The number of carbonyl (C=O) groups is 4. The number of halogens is 6. The van der Waals surface area contributed by atoms with Crippen molar-refractivity contribution in [1.29, 1.82) is 0 Å². The molecule has 0 aliphatic carbocycles. The Bertz CT molecular complexity index is 3320. The van der Waals surface area contributed by atoms with Gasteiger partial charge in [-0.25, -0.2) is 14.9 Å². The minimum Gasteiger partial charge on any atom is -0.457 e. The summed E-state index contributed by atoms with van der Waals surface area (Å²) >= 11 is 0. The zero-order valence-electron chi connectivity index (χ0n) is 33.0. The van der Waals surface area contributed by atoms with Gasteiger partial charge >= 0.3 is 12.4 Å². The minimum absolute atomic E-state index is 0.0123. The lowest BCUT2D eigenvalue weighted by Crippen LogP contribution is -2.54. The number of nitrogens with zero attached hydrogens (tertiary/aromatic N) is 4. The van der Waals surface area contributed by atoms with E-state index in [1.54, 1.807) is 31.2 Å². The predicted molar refractivity (Wildman–Crippen MR) is 217 cm³/mol. The average molecular weight is 873 g/mol. The van der Waals surface area contributed by atoms with Crippen molar-refractivity contribution < 1.29 is 59.1 Å². The van der Waals surface area contributed by atoms with Gasteiger partial charge in [-0.2, -0.15) is 26.3 Å². The number of rotatable bonds is 7. The zero-order valence-corrected chi connectivity index (χ0v) is 33.0. The average Bonchev–Trinajstić information content (AvgIpc) is 3.99. The second-order valence-electron chi connectivity index (χ2n) is 15.2. The summed E-state index contributed by atoms with van der Waals surface area (Å²) in [6.07, 6.45) is -11.8. The number of imide groups is 2. The highest BCUT2D eigenvalue weighted by atomic mass is 19.4. The molecule has 0 N–H and O–H groups in total. The molecule has 0 unspecified atom stereocenters. The van der Waals surface area contributed by atoms with Gasteiger partial charge in [-0.1, -0.05) is 35.9 Å². The summed E-state index contributed by atoms with van der Waals surface area (Å²) in [5.41, 5.74) is -5.68. The van der Waals surface area contributed by atoms with Crippen molar-refractivity contribution in [2.24, 2.45) is 0 Å². The molecule has 2 aromatic heterocycles. The third kappa shape index (κ3) is 6.06. The number of carbonyl (C=O) groups excluding carboxylic acids is 4. The van der Waals surface area contributed by atoms with Gasteiger partial charge in [-0.3, -0.25) is 24.1 Å². The van der Waals surface area contributed by atoms with Gasteiger partial charge in [0.15, 0.2) is 11.2 Å². The summed E-state index contributed by atoms with van der Waals surface area (Å²) in [4.78, 5) is 62.5. The number of aromatic nitrogens is 2. The van der Waals surface area contributed by atoms with Crippen LogP contribution in [0.4, 0.5) is 32.0 Å². The maximum atomic E-state index is 15.3. The van der Waals surface area contributed by atoms with E-state index in [0.29, 0.717) is 23.8 Å². The molecule has 4 amide bonds. The largest absolute Gasteiger partial charge is 0.457 e. The first kappa shape index (κ1) is 40.0. The minimum atomic E-state index is -5.92. The lowest BCUT2D eigenvalue weighted by molar-refractivity contribution is -0.288. The summed E-state index contributed by atoms with van der Waals surface area (Å²) < 4.78 is 109. The van der Waals surface area contributed by atoms with Gasteiger partial charge in [0.25, 0.3) is 23.6 Å². The van der Waals surface area contributed by atoms with Crippen LogP contribution in [0.1, 0.15) is 58.1 Å². The lowest BCUT2D eigenvalue weighted by atomic mass is 9.72. The predicted octanol–water partition coefficient (Wildman–Crippen LogP) is 10.8. The molecule has 2 aliphatic heterocycles. The molecule has 64 heavy (non-hydrogen) atoms. The van der Waals surface area contributed by atoms with Crippen LogP contribution >= 0.6 is 0 Å². The fraction of sp³-hybridized carbons (Fsp3) is 0.106. The van der Waals surface area contributed by atoms with Gasteiger partial charge in [-0.05, 0) is 109 Å². The van der Waals surface area contributed by atoms with Gasteiger partial charge in [0.2, 0.25) is 17.2 Å². The fourth-order valence-electron chi connectivity index (χ4n) is 8.16. The highest BCUT2D eigenvalue weighted by Gasteiger charge is 2.72. The number of amides is 4. The Hall–Kier alpha value is -8.08. The number of fused-ring (bicyclic) bond motifs is 4. The van der Waals surface area contributed by atoms with E-state index < -0.39 is 52.5 Å². The molecule has 6 aromatic carbocycles. The van der Waals surface area contributed by atoms with Crippen molar-refractivity contribution in [2.75, 3.05) is 11.9 Å². The second-order valence-corrected chi connectivity index (χ2v) is 15.2. The maximum absolute atomic E-state index is 15.3. The molecule has 0 fully saturated rings. The van der Waals surface area contributed by atoms with E-state index in [2.05, 4.69) is 9.97 Å². The summed E-state index contributed by atoms with van der Waals surface area (Å²) in [5, 5.41) is 0. The van der Waals surface area contributed by atoms with E-state index >= 15 is 26.3 Å². The monoisotopic (exact) mass is 872 g/mol. The Labute approximate surface area is 356 Å². The number of alkyl halides is 6. The van der Waals surface area contributed by atoms with E-state index in [9.17, 15) is 19.2 Å². The Balaban J connectivity index is 0.964. The standard InChI is InChI=1S/C47H26F6N4O7/c1-23-5-3-6-24(17-23)39-54-35-19-26(9-15-37(35)63-39)45(46(48,49)50,47(51,52)53)27-10-16-38-36(20-27)55-40(64-38)25-7-4-8-28(18-25)57-43(60)32-14-12-30(22-34(32)44(57)61)62-29-11-13-31-33(21-29)42(59)56(2)41(31)58/h3-22H,1-2H3. The van der Waals surface area contributed by atoms with E-state index in [4.69, 9.17) is 13.6 Å². The topological polar surface area (TPSA) is 136 Å². The Kier molecular flexibility index (Phi) is 8.73. The van der Waals surface area contributed by atoms with E-state index in [1.165, 1.54) is 67.7 Å². The molecule has 11 nitrogen and oxygen atoms in total. The first-order chi connectivity index (χ1) is 30.4. The first-order valence-electron chi connectivity index (χ1n) is 19.2. The van der Waals surface area contributed by atoms with Crippen molar-refractivity contribution in [3.8, 4) is 34.4 Å². The number of hydrogen-bond donors (Lipinski definition) is 0. The van der Waals surface area contributed by atoms with Crippen molar-refractivity contribution in [1.82, 2.24) is 14.9 Å². The Morgan fingerprint density at radius 1 is 0.531 bits per heavy atom. The highest BCUT2D eigenvalue weighted by Crippen LogP contribution is 2.57. The van der Waals surface area contributed by atoms with E-state index in [-0.39, 0.29) is 79.0 Å². The molecule has 318 valence electrons. The molecule has 0 saturated heterocycles. The number of aryl methyl sites for hydroxylation is 1. The van der Waals surface area contributed by atoms with E-state index in [1.807, 2.05) is 0 Å². The summed E-state index contributed by atoms with van der Waals surface area (Å²) in [7, 11) is 1.36. The Morgan fingerprint density at radius 2 is 1.02 bits per heavy atom. The number of anilines is 1. The van der Waals surface area contributed by atoms with E-state index in [0.717, 1.165) is 33.6 Å². The molecular weight excluding hydrogens is 847 g/mol. The van der Waals surface area contributed by atoms with Crippen molar-refractivity contribution in [3.05, 3.63) is 160 Å². The van der Waals surface area contributed by atoms with Crippen LogP contribution in [-0.4, -0.2) is 57.9 Å². The zero-order chi connectivity index (χ0) is 45.0. The molecule has 0 atom stereocenters. The smallest absolute Gasteiger partial charge is 0.411 e. The van der Waals surface area contributed by atoms with Gasteiger partial charge in [-0.15, -0.1) is 0 Å². The van der Waals surface area contributed by atoms with Crippen LogP contribution in [0.5, 0.6) is 11.5 Å². The molecule has 0 radical (unpaired) electrons. The van der Waals surface area contributed by atoms with Gasteiger partial charge in [0.05, 0.1) is 27.9 Å². The van der Waals surface area contributed by atoms with Crippen LogP contribution in [-0.2, 0) is 5.41 Å². The van der Waals surface area contributed by atoms with Crippen LogP contribution < -0.4 is 9.64 Å². The summed E-state index contributed by atoms with van der Waals surface area (Å²) in [6, 6.07) is 25.9. The van der Waals surface area contributed by atoms with Gasteiger partial charge < -0.3 is 13.6 Å². The molecule has 2 aliphatic rings. The SMILES string of the molecule is Cc1cccc(-c2nc3cc(C(c4ccc5oc(-c6cccc(N7C(=O)c8ccc(Oc9ccc%10c(c9)C(=O)N(C)C%10=O)cc8C7=O)c6)nc5c4)(C(F)(F)F)C(F)(F)F)ccc3o2)c1. The molecule has 8 aromatic rings. The molecule has 0 spiro atoms. The normalized spacial score (nSPS) is 14.3. The van der Waals surface area contributed by atoms with Crippen molar-refractivity contribution >= 4 is 51.5 Å². The third-order valence-electron chi connectivity index (χ3n) is 11.3. The molecule has 0 bridgehead atoms. The quantitative estimate of drug-likeness (QED) is 0.113. The van der Waals surface area contributed by atoms with Crippen LogP contribution in [0.3, 0.4) is 0 Å². The summed E-state index contributed by atoms with van der Waals surface area (Å²) in [5.74, 6) is -2.24. The van der Waals surface area contributed by atoms with Crippen molar-refractivity contribution in [3.63, 3.8) is 0 Å². The van der Waals surface area contributed by atoms with Crippen LogP contribution in [0.2, 0.25) is 0 Å². The molecule has 0 saturated carbocycles. The number of hydrogen-bond acceptors (Lipinski definition) is 9. The summed E-state index contributed by atoms with van der Waals surface area (Å²) in [6.45, 7) is 1.80. The van der Waals surface area contributed by atoms with Crippen LogP contribution in [0.25, 0.3) is 45.1 Å². The van der Waals surface area contributed by atoms with Crippen LogP contribution in [0.15, 0.2) is 130 Å². The molecule has 4 heterocycles. The first-order valence-corrected chi connectivity index (χ1v) is 19.2. The van der Waals surface area contributed by atoms with Crippen LogP contribution in [0, 0.1) is 6.92 Å². The molecular formula is C47H26F6N4O7. The second kappa shape index (κ2) is 14.0.